The van der Waals surface area contributed by atoms with E-state index in [4.69, 9.17) is 9.15 Å². The minimum absolute atomic E-state index is 0.208. The van der Waals surface area contributed by atoms with Crippen molar-refractivity contribution in [2.75, 3.05) is 6.61 Å². The van der Waals surface area contributed by atoms with Gasteiger partial charge in [-0.05, 0) is 61.9 Å². The number of nitrogens with zero attached hydrogens (tertiary/aromatic N) is 1. The number of carbonyl (C=O) groups excluding carboxylic acids is 1. The number of carboxylic acid groups (broad SMARTS) is 1. The Labute approximate surface area is 184 Å². The second-order valence-electron chi connectivity index (χ2n) is 7.20. The van der Waals surface area contributed by atoms with Gasteiger partial charge in [0.2, 0.25) is 0 Å². The Morgan fingerprint density at radius 3 is 2.56 bits per heavy atom. The second kappa shape index (κ2) is 8.89. The van der Waals surface area contributed by atoms with Crippen molar-refractivity contribution >= 4 is 35.0 Å². The van der Waals surface area contributed by atoms with Crippen molar-refractivity contribution in [3.63, 3.8) is 0 Å². The van der Waals surface area contributed by atoms with E-state index in [0.717, 1.165) is 11.1 Å². The van der Waals surface area contributed by atoms with Crippen LogP contribution in [0.25, 0.3) is 34.4 Å². The van der Waals surface area contributed by atoms with Gasteiger partial charge in [-0.2, -0.15) is 0 Å². The fourth-order valence-corrected chi connectivity index (χ4v) is 3.42. The standard InChI is InChI=1S/C26H21NO5/c1-3-31-26(30)18-9-7-17(8-10-18)23-14-13-20(32-23)12-11-19-15-22(25(28)29)21-6-4-5-16(2)24(21)27-19/h4-15H,3H2,1-2H3,(H,28,29)/b12-11+. The normalized spacial score (nSPS) is 11.2. The first-order valence-corrected chi connectivity index (χ1v) is 10.2. The number of pyridine rings is 1. The van der Waals surface area contributed by atoms with E-state index in [0.29, 0.717) is 40.3 Å². The topological polar surface area (TPSA) is 89.6 Å². The quantitative estimate of drug-likeness (QED) is 0.388. The molecule has 0 aliphatic rings. The summed E-state index contributed by atoms with van der Waals surface area (Å²) in [7, 11) is 0. The maximum Gasteiger partial charge on any atom is 0.338 e. The van der Waals surface area contributed by atoms with Crippen LogP contribution in [0.5, 0.6) is 0 Å². The zero-order valence-corrected chi connectivity index (χ0v) is 17.7. The maximum atomic E-state index is 11.8. The van der Waals surface area contributed by atoms with Gasteiger partial charge in [0.15, 0.2) is 0 Å². The lowest BCUT2D eigenvalue weighted by Crippen LogP contribution is -2.03. The molecule has 2 heterocycles. The number of fused-ring (bicyclic) bond motifs is 1. The van der Waals surface area contributed by atoms with Crippen molar-refractivity contribution in [1.29, 1.82) is 0 Å². The number of aromatic carboxylic acids is 1. The van der Waals surface area contributed by atoms with E-state index < -0.39 is 5.97 Å². The monoisotopic (exact) mass is 427 g/mol. The molecule has 2 aromatic heterocycles. The molecule has 0 unspecified atom stereocenters. The van der Waals surface area contributed by atoms with E-state index in [1.54, 1.807) is 55.5 Å². The van der Waals surface area contributed by atoms with Crippen molar-refractivity contribution in [3.05, 3.63) is 88.8 Å². The number of para-hydroxylation sites is 1. The number of aryl methyl sites for hydroxylation is 1. The molecule has 0 spiro atoms. The van der Waals surface area contributed by atoms with Crippen LogP contribution in [0.2, 0.25) is 0 Å². The van der Waals surface area contributed by atoms with Crippen LogP contribution in [0, 0.1) is 6.92 Å². The van der Waals surface area contributed by atoms with Gasteiger partial charge in [-0.3, -0.25) is 0 Å². The van der Waals surface area contributed by atoms with Crippen molar-refractivity contribution in [2.45, 2.75) is 13.8 Å². The smallest absolute Gasteiger partial charge is 0.338 e. The number of carboxylic acids is 1. The molecule has 0 atom stereocenters. The van der Waals surface area contributed by atoms with Gasteiger partial charge in [-0.25, -0.2) is 14.6 Å². The molecular formula is C26H21NO5. The van der Waals surface area contributed by atoms with Crippen molar-refractivity contribution < 1.29 is 23.8 Å². The average Bonchev–Trinajstić information content (AvgIpc) is 3.27. The molecule has 0 saturated carbocycles. The molecule has 6 heteroatoms. The Morgan fingerprint density at radius 1 is 1.06 bits per heavy atom. The van der Waals surface area contributed by atoms with Crippen LogP contribution >= 0.6 is 0 Å². The van der Waals surface area contributed by atoms with Crippen LogP contribution in [0.15, 0.2) is 65.1 Å². The lowest BCUT2D eigenvalue weighted by molar-refractivity contribution is 0.0526. The van der Waals surface area contributed by atoms with Gasteiger partial charge in [0.25, 0.3) is 0 Å². The van der Waals surface area contributed by atoms with Gasteiger partial charge in [-0.15, -0.1) is 0 Å². The molecule has 32 heavy (non-hydrogen) atoms. The molecule has 4 rings (SSSR count). The highest BCUT2D eigenvalue weighted by molar-refractivity contribution is 6.04. The Balaban J connectivity index is 1.59. The summed E-state index contributed by atoms with van der Waals surface area (Å²) in [6.07, 6.45) is 3.47. The first-order chi connectivity index (χ1) is 15.5. The molecule has 160 valence electrons. The zero-order chi connectivity index (χ0) is 22.7. The highest BCUT2D eigenvalue weighted by Gasteiger charge is 2.12. The Hall–Kier alpha value is -4.19. The van der Waals surface area contributed by atoms with E-state index in [1.165, 1.54) is 0 Å². The Bertz CT molecular complexity index is 1330. The van der Waals surface area contributed by atoms with Crippen LogP contribution in [0.4, 0.5) is 0 Å². The summed E-state index contributed by atoms with van der Waals surface area (Å²) in [6.45, 7) is 4.00. The maximum absolute atomic E-state index is 11.8. The highest BCUT2D eigenvalue weighted by Crippen LogP contribution is 2.25. The number of rotatable bonds is 6. The van der Waals surface area contributed by atoms with E-state index in [9.17, 15) is 14.7 Å². The van der Waals surface area contributed by atoms with Gasteiger partial charge in [-0.1, -0.05) is 30.3 Å². The molecule has 1 N–H and O–H groups in total. The van der Waals surface area contributed by atoms with Crippen LogP contribution < -0.4 is 0 Å². The predicted molar refractivity (Wildman–Crippen MR) is 122 cm³/mol. The molecule has 6 nitrogen and oxygen atoms in total. The fraction of sp³-hybridized carbons (Fsp3) is 0.115. The Morgan fingerprint density at radius 2 is 1.84 bits per heavy atom. The predicted octanol–water partition coefficient (Wildman–Crippen LogP) is 5.85. The fourth-order valence-electron chi connectivity index (χ4n) is 3.42. The van der Waals surface area contributed by atoms with Crippen LogP contribution in [0.3, 0.4) is 0 Å². The molecule has 0 radical (unpaired) electrons. The lowest BCUT2D eigenvalue weighted by Gasteiger charge is -2.06. The largest absolute Gasteiger partial charge is 0.478 e. The number of hydrogen-bond acceptors (Lipinski definition) is 5. The van der Waals surface area contributed by atoms with Crippen molar-refractivity contribution in [2.24, 2.45) is 0 Å². The first kappa shape index (κ1) is 21.1. The third-order valence-electron chi connectivity index (χ3n) is 5.02. The molecule has 0 amide bonds. The van der Waals surface area contributed by atoms with E-state index in [-0.39, 0.29) is 11.5 Å². The number of aromatic nitrogens is 1. The van der Waals surface area contributed by atoms with Gasteiger partial charge < -0.3 is 14.3 Å². The summed E-state index contributed by atoms with van der Waals surface area (Å²) in [6, 6.07) is 17.7. The van der Waals surface area contributed by atoms with Crippen LogP contribution in [0.1, 0.15) is 44.7 Å². The molecule has 0 saturated heterocycles. The molecule has 0 bridgehead atoms. The first-order valence-electron chi connectivity index (χ1n) is 10.2. The minimum Gasteiger partial charge on any atom is -0.478 e. The minimum atomic E-state index is -0.996. The molecule has 0 fully saturated rings. The summed E-state index contributed by atoms with van der Waals surface area (Å²) in [5.41, 5.74) is 3.61. The summed E-state index contributed by atoms with van der Waals surface area (Å²) in [5.74, 6) is -0.114. The van der Waals surface area contributed by atoms with Crippen molar-refractivity contribution in [1.82, 2.24) is 4.98 Å². The van der Waals surface area contributed by atoms with Gasteiger partial charge in [0.1, 0.15) is 11.5 Å². The molecular weight excluding hydrogens is 406 g/mol. The summed E-state index contributed by atoms with van der Waals surface area (Å²) in [4.78, 5) is 28.1. The van der Waals surface area contributed by atoms with Crippen LogP contribution in [-0.2, 0) is 4.74 Å². The van der Waals surface area contributed by atoms with Gasteiger partial charge >= 0.3 is 11.9 Å². The number of carbonyl (C=O) groups is 2. The number of benzene rings is 2. The molecule has 2 aromatic carbocycles. The molecule has 0 aliphatic heterocycles. The Kier molecular flexibility index (Phi) is 5.85. The number of ether oxygens (including phenoxy) is 1. The SMILES string of the molecule is CCOC(=O)c1ccc(-c2ccc(/C=C/c3cc(C(=O)O)c4cccc(C)c4n3)o2)cc1. The van der Waals surface area contributed by atoms with Crippen LogP contribution in [-0.4, -0.2) is 28.6 Å². The number of furan rings is 1. The summed E-state index contributed by atoms with van der Waals surface area (Å²) >= 11 is 0. The second-order valence-corrected chi connectivity index (χ2v) is 7.20. The highest BCUT2D eigenvalue weighted by atomic mass is 16.5. The lowest BCUT2D eigenvalue weighted by atomic mass is 10.0. The van der Waals surface area contributed by atoms with E-state index >= 15 is 0 Å². The average molecular weight is 427 g/mol. The van der Waals surface area contributed by atoms with Gasteiger partial charge in [0.05, 0.1) is 28.9 Å². The van der Waals surface area contributed by atoms with E-state index in [1.807, 2.05) is 31.2 Å². The summed E-state index contributed by atoms with van der Waals surface area (Å²) in [5, 5.41) is 10.2. The molecule has 0 aliphatic carbocycles. The zero-order valence-electron chi connectivity index (χ0n) is 17.7. The summed E-state index contributed by atoms with van der Waals surface area (Å²) < 4.78 is 10.9. The van der Waals surface area contributed by atoms with Crippen molar-refractivity contribution in [3.8, 4) is 11.3 Å². The molecule has 4 aromatic rings. The van der Waals surface area contributed by atoms with E-state index in [2.05, 4.69) is 4.98 Å². The third-order valence-corrected chi connectivity index (χ3v) is 5.02. The number of hydrogen-bond donors (Lipinski definition) is 1. The number of esters is 1. The third kappa shape index (κ3) is 4.30. The van der Waals surface area contributed by atoms with Gasteiger partial charge in [0, 0.05) is 10.9 Å².